The lowest BCUT2D eigenvalue weighted by Gasteiger charge is -2.44. The molecule has 2 fully saturated rings. The van der Waals surface area contributed by atoms with Crippen LogP contribution in [0.25, 0.3) is 0 Å². The van der Waals surface area contributed by atoms with Gasteiger partial charge in [-0.25, -0.2) is 4.39 Å². The maximum atomic E-state index is 13.4. The Kier molecular flexibility index (Phi) is 4.79. The molecule has 146 valence electrons. The molecule has 2 aromatic rings. The second kappa shape index (κ2) is 7.26. The van der Waals surface area contributed by atoms with Gasteiger partial charge in [-0.3, -0.25) is 9.59 Å². The number of rotatable bonds is 3. The summed E-state index contributed by atoms with van der Waals surface area (Å²) in [6.45, 7) is 1.69. The van der Waals surface area contributed by atoms with E-state index in [1.165, 1.54) is 6.07 Å². The maximum Gasteiger partial charge on any atom is 0.254 e. The first kappa shape index (κ1) is 18.5. The van der Waals surface area contributed by atoms with Gasteiger partial charge in [-0.2, -0.15) is 0 Å². The average molecular weight is 382 g/mol. The quantitative estimate of drug-likeness (QED) is 0.886. The molecular weight excluding hydrogens is 359 g/mol. The van der Waals surface area contributed by atoms with Crippen molar-refractivity contribution in [1.82, 2.24) is 9.80 Å². The van der Waals surface area contributed by atoms with Gasteiger partial charge in [0.15, 0.2) is 11.6 Å². The Bertz CT molecular complexity index is 902. The molecule has 4 rings (SSSR count). The first-order chi connectivity index (χ1) is 13.5. The highest BCUT2D eigenvalue weighted by Crippen LogP contribution is 2.39. The van der Waals surface area contributed by atoms with Gasteiger partial charge < -0.3 is 14.9 Å². The molecule has 0 bridgehead atoms. The number of likely N-dealkylation sites (tertiary alicyclic amines) is 2. The van der Waals surface area contributed by atoms with Crippen molar-refractivity contribution < 1.29 is 19.1 Å². The number of piperidine rings is 1. The standard InChI is InChI=1S/C22H23FN2O3/c23-18-9-8-17(14-19(18)26)20(27)25-13-5-11-22(25)10-4-12-24(21(22)28)15-16-6-2-1-3-7-16/h1-3,6-9,14,26H,4-5,10-13,15H2. The summed E-state index contributed by atoms with van der Waals surface area (Å²) >= 11 is 0. The zero-order chi connectivity index (χ0) is 19.7. The number of phenolic OH excluding ortho intramolecular Hbond substituents is 1. The van der Waals surface area contributed by atoms with Crippen LogP contribution in [0.15, 0.2) is 48.5 Å². The molecule has 28 heavy (non-hydrogen) atoms. The van der Waals surface area contributed by atoms with Crippen molar-refractivity contribution in [2.75, 3.05) is 13.1 Å². The normalized spacial score (nSPS) is 22.1. The Morgan fingerprint density at radius 2 is 1.79 bits per heavy atom. The van der Waals surface area contributed by atoms with Crippen LogP contribution in [0, 0.1) is 5.82 Å². The van der Waals surface area contributed by atoms with Crippen LogP contribution in [0.1, 0.15) is 41.6 Å². The van der Waals surface area contributed by atoms with Crippen LogP contribution in [0.2, 0.25) is 0 Å². The Morgan fingerprint density at radius 1 is 1.07 bits per heavy atom. The highest BCUT2D eigenvalue weighted by atomic mass is 19.1. The molecule has 1 spiro atoms. The number of carbonyl (C=O) groups is 2. The van der Waals surface area contributed by atoms with E-state index < -0.39 is 17.1 Å². The molecule has 6 heteroatoms. The Hall–Kier alpha value is -2.89. The fraction of sp³-hybridized carbons (Fsp3) is 0.364. The number of aromatic hydroxyl groups is 1. The van der Waals surface area contributed by atoms with Crippen LogP contribution in [-0.4, -0.2) is 45.3 Å². The largest absolute Gasteiger partial charge is 0.505 e. The van der Waals surface area contributed by atoms with Crippen LogP contribution >= 0.6 is 0 Å². The molecule has 2 aliphatic rings. The Balaban J connectivity index is 1.60. The van der Waals surface area contributed by atoms with E-state index in [0.29, 0.717) is 32.5 Å². The highest BCUT2D eigenvalue weighted by Gasteiger charge is 2.52. The third kappa shape index (κ3) is 3.13. The molecule has 5 nitrogen and oxygen atoms in total. The van der Waals surface area contributed by atoms with Crippen molar-refractivity contribution in [3.63, 3.8) is 0 Å². The summed E-state index contributed by atoms with van der Waals surface area (Å²) in [6.07, 6.45) is 2.85. The van der Waals surface area contributed by atoms with E-state index >= 15 is 0 Å². The van der Waals surface area contributed by atoms with E-state index in [9.17, 15) is 19.1 Å². The average Bonchev–Trinajstić information content (AvgIpc) is 3.12. The zero-order valence-electron chi connectivity index (χ0n) is 15.6. The molecule has 2 heterocycles. The first-order valence-corrected chi connectivity index (χ1v) is 9.65. The lowest BCUT2D eigenvalue weighted by Crippen LogP contribution is -2.61. The van der Waals surface area contributed by atoms with Crippen LogP contribution in [-0.2, 0) is 11.3 Å². The Morgan fingerprint density at radius 3 is 2.50 bits per heavy atom. The minimum Gasteiger partial charge on any atom is -0.505 e. The predicted molar refractivity (Wildman–Crippen MR) is 102 cm³/mol. The summed E-state index contributed by atoms with van der Waals surface area (Å²) in [6, 6.07) is 13.4. The van der Waals surface area contributed by atoms with Gasteiger partial charge in [-0.1, -0.05) is 30.3 Å². The van der Waals surface area contributed by atoms with Crippen LogP contribution < -0.4 is 0 Å². The maximum absolute atomic E-state index is 13.4. The van der Waals surface area contributed by atoms with Crippen molar-refractivity contribution in [1.29, 1.82) is 0 Å². The highest BCUT2D eigenvalue weighted by molar-refractivity contribution is 6.00. The van der Waals surface area contributed by atoms with Crippen molar-refractivity contribution in [2.45, 2.75) is 37.8 Å². The van der Waals surface area contributed by atoms with E-state index in [1.54, 1.807) is 4.90 Å². The molecule has 2 amide bonds. The monoisotopic (exact) mass is 382 g/mol. The summed E-state index contributed by atoms with van der Waals surface area (Å²) < 4.78 is 13.4. The van der Waals surface area contributed by atoms with E-state index in [4.69, 9.17) is 0 Å². The van der Waals surface area contributed by atoms with E-state index in [0.717, 1.165) is 30.5 Å². The fourth-order valence-corrected chi connectivity index (χ4v) is 4.48. The molecule has 2 saturated heterocycles. The SMILES string of the molecule is O=C(c1ccc(F)c(O)c1)N1CCCC12CCCN(Cc1ccccc1)C2=O. The molecule has 2 aromatic carbocycles. The van der Waals surface area contributed by atoms with Gasteiger partial charge in [-0.15, -0.1) is 0 Å². The number of amides is 2. The third-order valence-corrected chi connectivity index (χ3v) is 5.85. The predicted octanol–water partition coefficient (Wildman–Crippen LogP) is 3.33. The van der Waals surface area contributed by atoms with E-state index in [-0.39, 0.29) is 17.4 Å². The van der Waals surface area contributed by atoms with Gasteiger partial charge in [-0.05, 0) is 49.4 Å². The molecular formula is C22H23FN2O3. The summed E-state index contributed by atoms with van der Waals surface area (Å²) in [4.78, 5) is 30.0. The van der Waals surface area contributed by atoms with Crippen LogP contribution in [0.5, 0.6) is 5.75 Å². The molecule has 1 N–H and O–H groups in total. The lowest BCUT2D eigenvalue weighted by molar-refractivity contribution is -0.146. The lowest BCUT2D eigenvalue weighted by atomic mass is 9.84. The second-order valence-corrected chi connectivity index (χ2v) is 7.57. The molecule has 0 aromatic heterocycles. The van der Waals surface area contributed by atoms with Crippen LogP contribution in [0.4, 0.5) is 4.39 Å². The summed E-state index contributed by atoms with van der Waals surface area (Å²) in [5.41, 5.74) is 0.425. The molecule has 0 saturated carbocycles. The van der Waals surface area contributed by atoms with Crippen LogP contribution in [0.3, 0.4) is 0 Å². The topological polar surface area (TPSA) is 60.9 Å². The second-order valence-electron chi connectivity index (χ2n) is 7.57. The van der Waals surface area contributed by atoms with Crippen molar-refractivity contribution in [3.05, 3.63) is 65.5 Å². The third-order valence-electron chi connectivity index (χ3n) is 5.85. The van der Waals surface area contributed by atoms with E-state index in [2.05, 4.69) is 0 Å². The summed E-state index contributed by atoms with van der Waals surface area (Å²) in [5.74, 6) is -1.67. The number of hydrogen-bond acceptors (Lipinski definition) is 3. The van der Waals surface area contributed by atoms with Crippen molar-refractivity contribution in [2.24, 2.45) is 0 Å². The van der Waals surface area contributed by atoms with Gasteiger partial charge in [0.2, 0.25) is 5.91 Å². The number of nitrogens with zero attached hydrogens (tertiary/aromatic N) is 2. The van der Waals surface area contributed by atoms with Gasteiger partial charge in [0.05, 0.1) is 0 Å². The van der Waals surface area contributed by atoms with Gasteiger partial charge in [0.1, 0.15) is 5.54 Å². The van der Waals surface area contributed by atoms with E-state index in [1.807, 2.05) is 35.2 Å². The van der Waals surface area contributed by atoms with Crippen molar-refractivity contribution >= 4 is 11.8 Å². The molecule has 0 aliphatic carbocycles. The number of halogens is 1. The summed E-state index contributed by atoms with van der Waals surface area (Å²) in [5, 5.41) is 9.63. The zero-order valence-corrected chi connectivity index (χ0v) is 15.6. The molecule has 1 atom stereocenters. The molecule has 2 aliphatic heterocycles. The van der Waals surface area contributed by atoms with Crippen molar-refractivity contribution in [3.8, 4) is 5.75 Å². The molecule has 0 radical (unpaired) electrons. The number of hydrogen-bond donors (Lipinski definition) is 1. The van der Waals surface area contributed by atoms with Gasteiger partial charge in [0.25, 0.3) is 5.91 Å². The smallest absolute Gasteiger partial charge is 0.254 e. The fourth-order valence-electron chi connectivity index (χ4n) is 4.48. The van der Waals surface area contributed by atoms with Gasteiger partial charge >= 0.3 is 0 Å². The number of benzene rings is 2. The Labute approximate surface area is 163 Å². The first-order valence-electron chi connectivity index (χ1n) is 9.65. The minimum atomic E-state index is -0.839. The number of carbonyl (C=O) groups excluding carboxylic acids is 2. The molecule has 1 unspecified atom stereocenters. The van der Waals surface area contributed by atoms with Gasteiger partial charge in [0, 0.05) is 25.2 Å². The minimum absolute atomic E-state index is 0.0141. The summed E-state index contributed by atoms with van der Waals surface area (Å²) in [7, 11) is 0. The number of phenols is 1.